The van der Waals surface area contributed by atoms with E-state index in [9.17, 15) is 8.78 Å². The van der Waals surface area contributed by atoms with Crippen LogP contribution in [-0.2, 0) is 6.54 Å². The molecule has 0 amide bonds. The van der Waals surface area contributed by atoms with Gasteiger partial charge in [0.05, 0.1) is 17.6 Å². The molecule has 5 nitrogen and oxygen atoms in total. The minimum Gasteiger partial charge on any atom is -0.409 e. The molecule has 2 aromatic rings. The van der Waals surface area contributed by atoms with Crippen molar-refractivity contribution >= 4 is 16.9 Å². The van der Waals surface area contributed by atoms with Crippen molar-refractivity contribution in [1.29, 1.82) is 0 Å². The first-order valence-corrected chi connectivity index (χ1v) is 4.83. The Bertz CT molecular complexity index is 564. The molecule has 0 atom stereocenters. The number of rotatable bonds is 3. The lowest BCUT2D eigenvalue weighted by molar-refractivity contribution is 0.137. The summed E-state index contributed by atoms with van der Waals surface area (Å²) in [5.74, 6) is -0.548. The van der Waals surface area contributed by atoms with E-state index in [1.54, 1.807) is 24.3 Å². The van der Waals surface area contributed by atoms with E-state index >= 15 is 0 Å². The summed E-state index contributed by atoms with van der Waals surface area (Å²) in [6, 6.07) is 6.70. The number of imidazole rings is 1. The lowest BCUT2D eigenvalue weighted by Crippen LogP contribution is -2.20. The largest absolute Gasteiger partial charge is 0.409 e. The predicted octanol–water partition coefficient (Wildman–Crippen LogP) is 1.72. The fourth-order valence-electron chi connectivity index (χ4n) is 1.62. The fourth-order valence-corrected chi connectivity index (χ4v) is 1.62. The summed E-state index contributed by atoms with van der Waals surface area (Å²) >= 11 is 0. The molecule has 0 radical (unpaired) electrons. The summed E-state index contributed by atoms with van der Waals surface area (Å²) in [5, 5.41) is 11.2. The van der Waals surface area contributed by atoms with Crippen LogP contribution in [0.3, 0.4) is 0 Å². The highest BCUT2D eigenvalue weighted by Gasteiger charge is 2.19. The number of amidine groups is 1. The van der Waals surface area contributed by atoms with Gasteiger partial charge in [-0.05, 0) is 12.1 Å². The van der Waals surface area contributed by atoms with Crippen LogP contribution in [0, 0.1) is 0 Å². The van der Waals surface area contributed by atoms with Gasteiger partial charge in [0.15, 0.2) is 11.7 Å². The Labute approximate surface area is 95.2 Å². The van der Waals surface area contributed by atoms with Gasteiger partial charge in [-0.1, -0.05) is 17.3 Å². The molecule has 0 spiro atoms. The fraction of sp³-hybridized carbons (Fsp3) is 0.200. The SMILES string of the molecule is N/C(Cn1c(C(F)F)nc2ccccc21)=N/O. The van der Waals surface area contributed by atoms with Crippen molar-refractivity contribution in [3.8, 4) is 0 Å². The second kappa shape index (κ2) is 4.36. The summed E-state index contributed by atoms with van der Waals surface area (Å²) in [5.41, 5.74) is 6.31. The average molecular weight is 240 g/mol. The summed E-state index contributed by atoms with van der Waals surface area (Å²) in [7, 11) is 0. The second-order valence-corrected chi connectivity index (χ2v) is 3.44. The van der Waals surface area contributed by atoms with Gasteiger partial charge in [0.25, 0.3) is 6.43 Å². The van der Waals surface area contributed by atoms with Gasteiger partial charge in [-0.2, -0.15) is 0 Å². The molecule has 90 valence electrons. The Morgan fingerprint density at radius 3 is 2.82 bits per heavy atom. The number of halogens is 2. The quantitative estimate of drug-likeness (QED) is 0.371. The molecule has 0 saturated carbocycles. The van der Waals surface area contributed by atoms with Crippen LogP contribution >= 0.6 is 0 Å². The standard InChI is InChI=1S/C10H10F2N4O/c11-9(12)10-14-6-3-1-2-4-7(6)16(10)5-8(13)15-17/h1-4,9,17H,5H2,(H2,13,15). The summed E-state index contributed by atoms with van der Waals surface area (Å²) < 4.78 is 26.8. The van der Waals surface area contributed by atoms with Gasteiger partial charge < -0.3 is 15.5 Å². The number of hydrogen-bond donors (Lipinski definition) is 2. The average Bonchev–Trinajstić information content (AvgIpc) is 2.68. The van der Waals surface area contributed by atoms with Crippen LogP contribution in [-0.4, -0.2) is 20.6 Å². The first-order chi connectivity index (χ1) is 8.13. The van der Waals surface area contributed by atoms with Crippen LogP contribution in [0.2, 0.25) is 0 Å². The number of benzene rings is 1. The van der Waals surface area contributed by atoms with Crippen LogP contribution in [0.4, 0.5) is 8.78 Å². The third-order valence-electron chi connectivity index (χ3n) is 2.33. The number of para-hydroxylation sites is 2. The number of oxime groups is 1. The summed E-state index contributed by atoms with van der Waals surface area (Å²) in [4.78, 5) is 3.82. The van der Waals surface area contributed by atoms with Gasteiger partial charge in [0.2, 0.25) is 0 Å². The van der Waals surface area contributed by atoms with Gasteiger partial charge in [0.1, 0.15) is 0 Å². The zero-order valence-electron chi connectivity index (χ0n) is 8.72. The van der Waals surface area contributed by atoms with Crippen molar-refractivity contribution in [2.45, 2.75) is 13.0 Å². The monoisotopic (exact) mass is 240 g/mol. The topological polar surface area (TPSA) is 76.4 Å². The van der Waals surface area contributed by atoms with Crippen LogP contribution in [0.1, 0.15) is 12.2 Å². The summed E-state index contributed by atoms with van der Waals surface area (Å²) in [6.45, 7) is -0.128. The number of nitrogens with two attached hydrogens (primary N) is 1. The van der Waals surface area contributed by atoms with E-state index in [-0.39, 0.29) is 12.4 Å². The van der Waals surface area contributed by atoms with Crippen molar-refractivity contribution < 1.29 is 14.0 Å². The van der Waals surface area contributed by atoms with E-state index < -0.39 is 12.2 Å². The van der Waals surface area contributed by atoms with Crippen molar-refractivity contribution in [3.63, 3.8) is 0 Å². The zero-order chi connectivity index (χ0) is 12.4. The highest BCUT2D eigenvalue weighted by Crippen LogP contribution is 2.23. The Balaban J connectivity index is 2.59. The molecule has 0 aliphatic rings. The van der Waals surface area contributed by atoms with Crippen molar-refractivity contribution in [2.75, 3.05) is 0 Å². The Morgan fingerprint density at radius 1 is 1.47 bits per heavy atom. The molecule has 3 N–H and O–H groups in total. The molecule has 0 aliphatic heterocycles. The Hall–Kier alpha value is -2.18. The third-order valence-corrected chi connectivity index (χ3v) is 2.33. The maximum Gasteiger partial charge on any atom is 0.295 e. The number of fused-ring (bicyclic) bond motifs is 1. The van der Waals surface area contributed by atoms with Crippen LogP contribution in [0.15, 0.2) is 29.4 Å². The number of alkyl halides is 2. The highest BCUT2D eigenvalue weighted by atomic mass is 19.3. The molecule has 0 saturated heterocycles. The van der Waals surface area contributed by atoms with Gasteiger partial charge in [-0.3, -0.25) is 0 Å². The molecular weight excluding hydrogens is 230 g/mol. The molecule has 1 heterocycles. The molecule has 0 bridgehead atoms. The van der Waals surface area contributed by atoms with Gasteiger partial charge >= 0.3 is 0 Å². The maximum absolute atomic E-state index is 12.8. The van der Waals surface area contributed by atoms with E-state index in [0.29, 0.717) is 11.0 Å². The second-order valence-electron chi connectivity index (χ2n) is 3.44. The van der Waals surface area contributed by atoms with E-state index in [2.05, 4.69) is 10.1 Å². The lowest BCUT2D eigenvalue weighted by Gasteiger charge is -2.06. The lowest BCUT2D eigenvalue weighted by atomic mass is 10.3. The Kier molecular flexibility index (Phi) is 2.90. The van der Waals surface area contributed by atoms with Crippen molar-refractivity contribution in [3.05, 3.63) is 30.1 Å². The molecule has 1 aromatic carbocycles. The van der Waals surface area contributed by atoms with Gasteiger partial charge in [0, 0.05) is 0 Å². The maximum atomic E-state index is 12.8. The van der Waals surface area contributed by atoms with E-state index in [1.165, 1.54) is 4.57 Å². The third kappa shape index (κ3) is 2.03. The van der Waals surface area contributed by atoms with Crippen molar-refractivity contribution in [2.24, 2.45) is 10.9 Å². The minimum atomic E-state index is -2.71. The highest BCUT2D eigenvalue weighted by molar-refractivity contribution is 5.83. The predicted molar refractivity (Wildman–Crippen MR) is 58.1 cm³/mol. The molecule has 0 fully saturated rings. The van der Waals surface area contributed by atoms with E-state index in [1.807, 2.05) is 0 Å². The molecule has 0 aliphatic carbocycles. The van der Waals surface area contributed by atoms with Crippen LogP contribution in [0.5, 0.6) is 0 Å². The van der Waals surface area contributed by atoms with E-state index in [4.69, 9.17) is 10.9 Å². The minimum absolute atomic E-state index is 0.128. The van der Waals surface area contributed by atoms with E-state index in [0.717, 1.165) is 0 Å². The van der Waals surface area contributed by atoms with Crippen LogP contribution in [0.25, 0.3) is 11.0 Å². The Morgan fingerprint density at radius 2 is 2.18 bits per heavy atom. The normalized spacial score (nSPS) is 12.5. The number of aromatic nitrogens is 2. The number of hydrogen-bond acceptors (Lipinski definition) is 3. The molecule has 1 aromatic heterocycles. The number of nitrogens with zero attached hydrogens (tertiary/aromatic N) is 3. The molecule has 7 heteroatoms. The van der Waals surface area contributed by atoms with Gasteiger partial charge in [-0.25, -0.2) is 13.8 Å². The molecule has 17 heavy (non-hydrogen) atoms. The zero-order valence-corrected chi connectivity index (χ0v) is 8.72. The van der Waals surface area contributed by atoms with Crippen molar-refractivity contribution in [1.82, 2.24) is 9.55 Å². The molecule has 0 unspecified atom stereocenters. The smallest absolute Gasteiger partial charge is 0.295 e. The first-order valence-electron chi connectivity index (χ1n) is 4.83. The molecular formula is C10H10F2N4O. The summed E-state index contributed by atoms with van der Waals surface area (Å²) in [6.07, 6.45) is -2.71. The van der Waals surface area contributed by atoms with Crippen LogP contribution < -0.4 is 5.73 Å². The van der Waals surface area contributed by atoms with Gasteiger partial charge in [-0.15, -0.1) is 0 Å². The first kappa shape index (κ1) is 11.3. The molecule has 2 rings (SSSR count).